The van der Waals surface area contributed by atoms with Gasteiger partial charge < -0.3 is 9.26 Å². The zero-order valence-electron chi connectivity index (χ0n) is 16.2. The van der Waals surface area contributed by atoms with Crippen molar-refractivity contribution in [1.29, 1.82) is 0 Å². The van der Waals surface area contributed by atoms with Crippen LogP contribution in [0.4, 0.5) is 0 Å². The largest absolute Gasteiger partial charge is 0.489 e. The molecule has 4 rings (SSSR count). The second-order valence-electron chi connectivity index (χ2n) is 7.02. The molecule has 0 spiro atoms. The molecular formula is C21H23N3O4S. The van der Waals surface area contributed by atoms with Gasteiger partial charge in [0.05, 0.1) is 12.3 Å². The zero-order chi connectivity index (χ0) is 20.3. The second-order valence-corrected chi connectivity index (χ2v) is 8.99. The van der Waals surface area contributed by atoms with Gasteiger partial charge in [-0.05, 0) is 36.2 Å². The summed E-state index contributed by atoms with van der Waals surface area (Å²) in [6, 6.07) is 16.7. The normalized spacial score (nSPS) is 17.5. The molecule has 0 saturated carbocycles. The molecule has 3 aromatic rings. The first-order chi connectivity index (χ1) is 14.0. The Bertz CT molecular complexity index is 1050. The summed E-state index contributed by atoms with van der Waals surface area (Å²) >= 11 is 0. The summed E-state index contributed by atoms with van der Waals surface area (Å²) in [7, 11) is -3.35. The highest BCUT2D eigenvalue weighted by atomic mass is 32.2. The van der Waals surface area contributed by atoms with Crippen molar-refractivity contribution in [2.24, 2.45) is 0 Å². The lowest BCUT2D eigenvalue weighted by atomic mass is 10.2. The van der Waals surface area contributed by atoms with Gasteiger partial charge in [0.25, 0.3) is 0 Å². The Morgan fingerprint density at radius 2 is 1.90 bits per heavy atom. The van der Waals surface area contributed by atoms with Crippen LogP contribution in [0.15, 0.2) is 59.1 Å². The van der Waals surface area contributed by atoms with Crippen molar-refractivity contribution < 1.29 is 17.7 Å². The Morgan fingerprint density at radius 3 is 2.59 bits per heavy atom. The molecule has 1 saturated heterocycles. The molecule has 2 aromatic carbocycles. The quantitative estimate of drug-likeness (QED) is 0.591. The minimum Gasteiger partial charge on any atom is -0.489 e. The van der Waals surface area contributed by atoms with Gasteiger partial charge in [0.1, 0.15) is 11.9 Å². The maximum atomic E-state index is 12.7. The van der Waals surface area contributed by atoms with Crippen LogP contribution in [0.1, 0.15) is 24.8 Å². The fourth-order valence-electron chi connectivity index (χ4n) is 3.31. The number of nitrogens with zero attached hydrogens (tertiary/aromatic N) is 3. The zero-order valence-corrected chi connectivity index (χ0v) is 17.0. The number of benzene rings is 2. The van der Waals surface area contributed by atoms with Crippen LogP contribution < -0.4 is 4.74 Å². The third kappa shape index (κ3) is 4.65. The van der Waals surface area contributed by atoms with Crippen molar-refractivity contribution in [3.63, 3.8) is 0 Å². The van der Waals surface area contributed by atoms with E-state index in [1.54, 1.807) is 0 Å². The summed E-state index contributed by atoms with van der Waals surface area (Å²) in [6.45, 7) is 2.79. The highest BCUT2D eigenvalue weighted by Crippen LogP contribution is 2.24. The molecule has 29 heavy (non-hydrogen) atoms. The van der Waals surface area contributed by atoms with Crippen LogP contribution in [-0.2, 0) is 22.2 Å². The van der Waals surface area contributed by atoms with E-state index in [0.29, 0.717) is 43.4 Å². The number of rotatable bonds is 7. The topological polar surface area (TPSA) is 85.5 Å². The predicted octanol–water partition coefficient (Wildman–Crippen LogP) is 3.28. The predicted molar refractivity (Wildman–Crippen MR) is 109 cm³/mol. The molecular weight excluding hydrogens is 390 g/mol. The number of sulfonamides is 1. The van der Waals surface area contributed by atoms with E-state index in [1.165, 1.54) is 4.31 Å². The molecule has 1 aliphatic rings. The van der Waals surface area contributed by atoms with E-state index in [4.69, 9.17) is 9.26 Å². The standard InChI is InChI=1S/C21H23N3O4S/c1-2-20-22-21(23-28-20)17-8-10-18(11-9-17)27-19-12-13-24(14-19)29(25,26)15-16-6-4-3-5-7-16/h3-11,19H,2,12-15H2,1H3. The van der Waals surface area contributed by atoms with Gasteiger partial charge in [0.2, 0.25) is 21.7 Å². The Labute approximate surface area is 170 Å². The summed E-state index contributed by atoms with van der Waals surface area (Å²) in [4.78, 5) is 4.31. The molecule has 0 amide bonds. The fraction of sp³-hybridized carbons (Fsp3) is 0.333. The molecule has 152 valence electrons. The number of hydrogen-bond acceptors (Lipinski definition) is 6. The van der Waals surface area contributed by atoms with Crippen molar-refractivity contribution in [2.75, 3.05) is 13.1 Å². The third-order valence-corrected chi connectivity index (χ3v) is 6.70. The Morgan fingerprint density at radius 1 is 1.14 bits per heavy atom. The third-order valence-electron chi connectivity index (χ3n) is 4.88. The Hall–Kier alpha value is -2.71. The van der Waals surface area contributed by atoms with Crippen LogP contribution in [0.3, 0.4) is 0 Å². The van der Waals surface area contributed by atoms with E-state index in [0.717, 1.165) is 11.1 Å². The summed E-state index contributed by atoms with van der Waals surface area (Å²) in [5.74, 6) is 1.86. The van der Waals surface area contributed by atoms with E-state index in [9.17, 15) is 8.42 Å². The molecule has 1 unspecified atom stereocenters. The van der Waals surface area contributed by atoms with Crippen LogP contribution in [0, 0.1) is 0 Å². The maximum absolute atomic E-state index is 12.7. The highest BCUT2D eigenvalue weighted by molar-refractivity contribution is 7.88. The molecule has 1 aromatic heterocycles. The van der Waals surface area contributed by atoms with Crippen molar-refractivity contribution >= 4 is 10.0 Å². The Kier molecular flexibility index (Phi) is 5.64. The average Bonchev–Trinajstić information content (AvgIpc) is 3.39. The molecule has 0 radical (unpaired) electrons. The van der Waals surface area contributed by atoms with E-state index in [1.807, 2.05) is 61.5 Å². The number of aromatic nitrogens is 2. The van der Waals surface area contributed by atoms with Crippen molar-refractivity contribution in [2.45, 2.75) is 31.6 Å². The van der Waals surface area contributed by atoms with Crippen molar-refractivity contribution in [3.05, 3.63) is 66.1 Å². The van der Waals surface area contributed by atoms with Crippen molar-refractivity contribution in [3.8, 4) is 17.1 Å². The SMILES string of the molecule is CCc1nc(-c2ccc(OC3CCN(S(=O)(=O)Cc4ccccc4)C3)cc2)no1. The first-order valence-electron chi connectivity index (χ1n) is 9.65. The molecule has 0 aliphatic carbocycles. The second kappa shape index (κ2) is 8.34. The molecule has 1 atom stereocenters. The van der Waals surface area contributed by atoms with Gasteiger partial charge in [-0.25, -0.2) is 8.42 Å². The lowest BCUT2D eigenvalue weighted by Crippen LogP contribution is -2.32. The van der Waals surface area contributed by atoms with Crippen molar-refractivity contribution in [1.82, 2.24) is 14.4 Å². The minimum atomic E-state index is -3.35. The summed E-state index contributed by atoms with van der Waals surface area (Å²) in [6.07, 6.45) is 1.20. The summed E-state index contributed by atoms with van der Waals surface area (Å²) in [5, 5.41) is 3.96. The molecule has 1 aliphatic heterocycles. The van der Waals surface area contributed by atoms with Gasteiger partial charge in [0.15, 0.2) is 0 Å². The van der Waals surface area contributed by atoms with E-state index in [2.05, 4.69) is 10.1 Å². The minimum absolute atomic E-state index is 0.0136. The van der Waals surface area contributed by atoms with E-state index < -0.39 is 10.0 Å². The first kappa shape index (κ1) is 19.6. The number of aryl methyl sites for hydroxylation is 1. The molecule has 8 heteroatoms. The lowest BCUT2D eigenvalue weighted by Gasteiger charge is -2.17. The monoisotopic (exact) mass is 413 g/mol. The fourth-order valence-corrected chi connectivity index (χ4v) is 4.89. The van der Waals surface area contributed by atoms with Gasteiger partial charge >= 0.3 is 0 Å². The van der Waals surface area contributed by atoms with Crippen LogP contribution in [0.2, 0.25) is 0 Å². The first-order valence-corrected chi connectivity index (χ1v) is 11.3. The van der Waals surface area contributed by atoms with E-state index in [-0.39, 0.29) is 11.9 Å². The molecule has 1 fully saturated rings. The molecule has 0 bridgehead atoms. The van der Waals surface area contributed by atoms with Crippen LogP contribution in [0.5, 0.6) is 5.75 Å². The smallest absolute Gasteiger partial charge is 0.226 e. The van der Waals surface area contributed by atoms with Gasteiger partial charge in [-0.15, -0.1) is 0 Å². The summed E-state index contributed by atoms with van der Waals surface area (Å²) < 4.78 is 38.0. The van der Waals surface area contributed by atoms with Gasteiger partial charge in [-0.3, -0.25) is 0 Å². The van der Waals surface area contributed by atoms with Gasteiger partial charge in [-0.2, -0.15) is 9.29 Å². The number of hydrogen-bond donors (Lipinski definition) is 0. The molecule has 0 N–H and O–H groups in total. The molecule has 7 nitrogen and oxygen atoms in total. The maximum Gasteiger partial charge on any atom is 0.226 e. The van der Waals surface area contributed by atoms with Crippen LogP contribution in [-0.4, -0.2) is 42.1 Å². The Balaban J connectivity index is 1.36. The van der Waals surface area contributed by atoms with Gasteiger partial charge in [0, 0.05) is 18.5 Å². The van der Waals surface area contributed by atoms with Crippen LogP contribution >= 0.6 is 0 Å². The van der Waals surface area contributed by atoms with Crippen LogP contribution in [0.25, 0.3) is 11.4 Å². The highest BCUT2D eigenvalue weighted by Gasteiger charge is 2.32. The number of ether oxygens (including phenoxy) is 1. The average molecular weight is 413 g/mol. The summed E-state index contributed by atoms with van der Waals surface area (Å²) in [5.41, 5.74) is 1.64. The lowest BCUT2D eigenvalue weighted by molar-refractivity contribution is 0.215. The van der Waals surface area contributed by atoms with E-state index >= 15 is 0 Å². The molecule has 2 heterocycles. The van der Waals surface area contributed by atoms with Gasteiger partial charge in [-0.1, -0.05) is 42.4 Å².